The zero-order chi connectivity index (χ0) is 28.2. The van der Waals surface area contributed by atoms with Crippen LogP contribution in [0.5, 0.6) is 0 Å². The second-order valence-corrected chi connectivity index (χ2v) is 10.00. The molecule has 0 aliphatic carbocycles. The van der Waals surface area contributed by atoms with Gasteiger partial charge in [0.05, 0.1) is 11.4 Å². The van der Waals surface area contributed by atoms with Crippen LogP contribution < -0.4 is 5.32 Å². The third-order valence-corrected chi connectivity index (χ3v) is 7.16. The normalized spacial score (nSPS) is 11.3. The molecule has 6 aromatic rings. The Balaban J connectivity index is 1.50. The molecule has 41 heavy (non-hydrogen) atoms. The number of aromatic nitrogens is 1. The fraction of sp³-hybridized carbons (Fsp3) is 0. The van der Waals surface area contributed by atoms with Gasteiger partial charge in [0, 0.05) is 22.0 Å². The summed E-state index contributed by atoms with van der Waals surface area (Å²) >= 11 is 6.24. The van der Waals surface area contributed by atoms with E-state index in [1.807, 2.05) is 133 Å². The number of nitrogens with zero attached hydrogens (tertiary/aromatic N) is 2. The number of nitriles is 1. The van der Waals surface area contributed by atoms with Crippen LogP contribution in [-0.4, -0.2) is 10.5 Å². The van der Waals surface area contributed by atoms with Crippen LogP contribution in [0, 0.1) is 11.3 Å². The van der Waals surface area contributed by atoms with E-state index in [0.717, 1.165) is 44.5 Å². The summed E-state index contributed by atoms with van der Waals surface area (Å²) in [5.74, 6) is -0.470. The predicted octanol–water partition coefficient (Wildman–Crippen LogP) is 9.16. The van der Waals surface area contributed by atoms with Gasteiger partial charge in [0.1, 0.15) is 11.6 Å². The summed E-state index contributed by atoms with van der Waals surface area (Å²) in [5, 5.41) is 15.7. The van der Waals surface area contributed by atoms with Crippen molar-refractivity contribution in [2.45, 2.75) is 0 Å². The molecule has 6 rings (SSSR count). The summed E-state index contributed by atoms with van der Waals surface area (Å²) in [6.45, 7) is 0. The topological polar surface area (TPSA) is 57.8 Å². The third-order valence-electron chi connectivity index (χ3n) is 6.90. The summed E-state index contributed by atoms with van der Waals surface area (Å²) in [6, 6.07) is 45.4. The molecule has 4 nitrogen and oxygen atoms in total. The van der Waals surface area contributed by atoms with Crippen molar-refractivity contribution in [3.63, 3.8) is 0 Å². The molecule has 5 heteroatoms. The molecule has 196 valence electrons. The molecule has 0 bridgehead atoms. The fourth-order valence-corrected chi connectivity index (χ4v) is 5.11. The van der Waals surface area contributed by atoms with Gasteiger partial charge in [-0.05, 0) is 70.4 Å². The minimum Gasteiger partial charge on any atom is -0.321 e. The maximum absolute atomic E-state index is 13.4. The molecule has 0 atom stereocenters. The van der Waals surface area contributed by atoms with Crippen LogP contribution in [0.3, 0.4) is 0 Å². The zero-order valence-electron chi connectivity index (χ0n) is 22.0. The molecular weight excluding hydrogens is 526 g/mol. The van der Waals surface area contributed by atoms with Gasteiger partial charge in [-0.3, -0.25) is 4.79 Å². The first kappa shape index (κ1) is 25.9. The van der Waals surface area contributed by atoms with Crippen LogP contribution in [0.15, 0.2) is 139 Å². The highest BCUT2D eigenvalue weighted by Gasteiger charge is 2.20. The number of hydrogen-bond donors (Lipinski definition) is 1. The standard InChI is InChI=1S/C36H24ClN3O/c37-31-16-19-33(20-17-31)40-34(26-10-3-1-4-11-26)23-29(35(40)27-12-5-2-6-13-27)21-30(24-38)36(41)39-32-18-15-25-9-7-8-14-28(25)22-32/h1-23H,(H,39,41)/b30-21+. The summed E-state index contributed by atoms with van der Waals surface area (Å²) in [5.41, 5.74) is 6.01. The quantitative estimate of drug-likeness (QED) is 0.166. The SMILES string of the molecule is N#C/C(=C\c1cc(-c2ccccc2)n(-c2ccc(Cl)cc2)c1-c1ccccc1)C(=O)Nc1ccc2ccccc2c1. The lowest BCUT2D eigenvalue weighted by molar-refractivity contribution is -0.112. The number of hydrogen-bond acceptors (Lipinski definition) is 2. The van der Waals surface area contributed by atoms with Gasteiger partial charge >= 0.3 is 0 Å². The van der Waals surface area contributed by atoms with E-state index < -0.39 is 5.91 Å². The van der Waals surface area contributed by atoms with E-state index in [1.165, 1.54) is 0 Å². The van der Waals surface area contributed by atoms with Gasteiger partial charge < -0.3 is 9.88 Å². The lowest BCUT2D eigenvalue weighted by Crippen LogP contribution is -2.13. The molecule has 5 aromatic carbocycles. The number of carbonyl (C=O) groups excluding carboxylic acids is 1. The van der Waals surface area contributed by atoms with Crippen molar-refractivity contribution in [3.05, 3.63) is 150 Å². The second-order valence-electron chi connectivity index (χ2n) is 9.56. The van der Waals surface area contributed by atoms with Gasteiger partial charge in [0.15, 0.2) is 0 Å². The molecule has 0 spiro atoms. The molecule has 0 radical (unpaired) electrons. The van der Waals surface area contributed by atoms with Crippen LogP contribution in [0.4, 0.5) is 5.69 Å². The number of carbonyl (C=O) groups is 1. The summed E-state index contributed by atoms with van der Waals surface area (Å²) in [7, 11) is 0. The number of rotatable bonds is 6. The van der Waals surface area contributed by atoms with Crippen molar-refractivity contribution in [3.8, 4) is 34.3 Å². The molecule has 1 aromatic heterocycles. The molecule has 0 aliphatic heterocycles. The Kier molecular flexibility index (Phi) is 7.19. The summed E-state index contributed by atoms with van der Waals surface area (Å²) in [6.07, 6.45) is 1.66. The predicted molar refractivity (Wildman–Crippen MR) is 168 cm³/mol. The average Bonchev–Trinajstić information content (AvgIpc) is 3.40. The highest BCUT2D eigenvalue weighted by atomic mass is 35.5. The Hall–Kier alpha value is -5.37. The number of amides is 1. The van der Waals surface area contributed by atoms with Crippen LogP contribution in [0.2, 0.25) is 5.02 Å². The summed E-state index contributed by atoms with van der Waals surface area (Å²) < 4.78 is 2.14. The van der Waals surface area contributed by atoms with Crippen LogP contribution in [-0.2, 0) is 4.79 Å². The molecule has 1 N–H and O–H groups in total. The van der Waals surface area contributed by atoms with Crippen molar-refractivity contribution in [2.75, 3.05) is 5.32 Å². The average molecular weight is 550 g/mol. The lowest BCUT2D eigenvalue weighted by atomic mass is 10.0. The van der Waals surface area contributed by atoms with E-state index in [0.29, 0.717) is 10.7 Å². The number of fused-ring (bicyclic) bond motifs is 1. The van der Waals surface area contributed by atoms with Crippen molar-refractivity contribution < 1.29 is 4.79 Å². The molecule has 0 fully saturated rings. The Morgan fingerprint density at radius 2 is 1.37 bits per heavy atom. The first-order valence-corrected chi connectivity index (χ1v) is 13.5. The highest BCUT2D eigenvalue weighted by molar-refractivity contribution is 6.30. The molecule has 0 unspecified atom stereocenters. The minimum absolute atomic E-state index is 0.00297. The molecule has 0 aliphatic rings. The lowest BCUT2D eigenvalue weighted by Gasteiger charge is -2.15. The Bertz CT molecular complexity index is 1930. The largest absolute Gasteiger partial charge is 0.321 e. The number of nitrogens with one attached hydrogen (secondary N) is 1. The second kappa shape index (κ2) is 11.4. The van der Waals surface area contributed by atoms with Crippen molar-refractivity contribution in [1.29, 1.82) is 5.26 Å². The van der Waals surface area contributed by atoms with Crippen LogP contribution in [0.1, 0.15) is 5.56 Å². The number of anilines is 1. The van der Waals surface area contributed by atoms with E-state index in [4.69, 9.17) is 11.6 Å². The van der Waals surface area contributed by atoms with Gasteiger partial charge in [-0.2, -0.15) is 5.26 Å². The maximum atomic E-state index is 13.4. The van der Waals surface area contributed by atoms with Gasteiger partial charge in [-0.1, -0.05) is 103 Å². The molecule has 1 amide bonds. The van der Waals surface area contributed by atoms with Crippen molar-refractivity contribution >= 4 is 40.0 Å². The molecule has 0 saturated carbocycles. The molecular formula is C36H24ClN3O. The fourth-order valence-electron chi connectivity index (χ4n) is 4.98. The Labute approximate surface area is 243 Å². The zero-order valence-corrected chi connectivity index (χ0v) is 22.7. The molecule has 0 saturated heterocycles. The van der Waals surface area contributed by atoms with E-state index in [2.05, 4.69) is 16.0 Å². The third kappa shape index (κ3) is 5.40. The summed E-state index contributed by atoms with van der Waals surface area (Å²) in [4.78, 5) is 13.4. The minimum atomic E-state index is -0.470. The first-order valence-electron chi connectivity index (χ1n) is 13.2. The maximum Gasteiger partial charge on any atom is 0.266 e. The Morgan fingerprint density at radius 1 is 0.732 bits per heavy atom. The highest BCUT2D eigenvalue weighted by Crippen LogP contribution is 2.37. The molecule has 1 heterocycles. The van der Waals surface area contributed by atoms with Gasteiger partial charge in [-0.25, -0.2) is 0 Å². The van der Waals surface area contributed by atoms with Crippen molar-refractivity contribution in [2.24, 2.45) is 0 Å². The van der Waals surface area contributed by atoms with E-state index >= 15 is 0 Å². The van der Waals surface area contributed by atoms with Crippen LogP contribution in [0.25, 0.3) is 45.1 Å². The van der Waals surface area contributed by atoms with Gasteiger partial charge in [0.25, 0.3) is 5.91 Å². The monoisotopic (exact) mass is 549 g/mol. The smallest absolute Gasteiger partial charge is 0.266 e. The first-order chi connectivity index (χ1) is 20.1. The van der Waals surface area contributed by atoms with Gasteiger partial charge in [0.2, 0.25) is 0 Å². The van der Waals surface area contributed by atoms with E-state index in [9.17, 15) is 10.1 Å². The van der Waals surface area contributed by atoms with Gasteiger partial charge in [-0.15, -0.1) is 0 Å². The van der Waals surface area contributed by atoms with E-state index in [1.54, 1.807) is 6.08 Å². The number of halogens is 1. The van der Waals surface area contributed by atoms with E-state index in [-0.39, 0.29) is 5.57 Å². The number of benzene rings is 5. The van der Waals surface area contributed by atoms with Crippen molar-refractivity contribution in [1.82, 2.24) is 4.57 Å². The Morgan fingerprint density at radius 3 is 2.05 bits per heavy atom. The van der Waals surface area contributed by atoms with Crippen LogP contribution >= 0.6 is 11.6 Å².